The third-order valence-corrected chi connectivity index (χ3v) is 12.5. The Balaban J connectivity index is 0.00000125. The number of quaternary nitrogens is 1. The summed E-state index contributed by atoms with van der Waals surface area (Å²) in [7, 11) is 6.44. The van der Waals surface area contributed by atoms with Gasteiger partial charge in [0, 0.05) is 34.3 Å². The molecule has 1 saturated heterocycles. The van der Waals surface area contributed by atoms with Crippen LogP contribution in [0.25, 0.3) is 0 Å². The Labute approximate surface area is 370 Å². The van der Waals surface area contributed by atoms with Gasteiger partial charge in [0.25, 0.3) is 0 Å². The Kier molecular flexibility index (Phi) is 25.4. The lowest BCUT2D eigenvalue weighted by Crippen LogP contribution is -2.51. The lowest BCUT2D eigenvalue weighted by Gasteiger charge is -2.39. The van der Waals surface area contributed by atoms with Gasteiger partial charge in [-0.25, -0.2) is 4.39 Å². The van der Waals surface area contributed by atoms with Crippen LogP contribution in [0.2, 0.25) is 0 Å². The van der Waals surface area contributed by atoms with Crippen LogP contribution < -0.4 is 27.4 Å². The molecule has 0 spiro atoms. The van der Waals surface area contributed by atoms with Crippen molar-refractivity contribution in [2.24, 2.45) is 17.4 Å². The van der Waals surface area contributed by atoms with Gasteiger partial charge in [-0.2, -0.15) is 0 Å². The molecule has 8 nitrogen and oxygen atoms in total. The molecule has 0 aromatic heterocycles. The van der Waals surface area contributed by atoms with Gasteiger partial charge in [-0.15, -0.1) is 0 Å². The molecule has 0 amide bonds. The molecule has 3 unspecified atom stereocenters. The fourth-order valence-corrected chi connectivity index (χ4v) is 9.22. The number of nitrogens with two attached hydrogens (primary N) is 2. The summed E-state index contributed by atoms with van der Waals surface area (Å²) >= 11 is 1.95. The highest BCUT2D eigenvalue weighted by Crippen LogP contribution is 2.38. The van der Waals surface area contributed by atoms with Crippen LogP contribution in [0.15, 0.2) is 88.4 Å². The monoisotopic (exact) mass is 848 g/mol. The molecule has 2 heterocycles. The zero-order valence-corrected chi connectivity index (χ0v) is 40.2. The molecule has 7 N–H and O–H groups in total. The second kappa shape index (κ2) is 29.0. The first kappa shape index (κ1) is 52.7. The van der Waals surface area contributed by atoms with E-state index in [9.17, 15) is 4.39 Å². The van der Waals surface area contributed by atoms with Crippen molar-refractivity contribution in [1.82, 2.24) is 25.8 Å². The lowest BCUT2D eigenvalue weighted by molar-refractivity contribution is -0.917. The number of piperidine rings is 1. The van der Waals surface area contributed by atoms with E-state index < -0.39 is 0 Å². The molecule has 3 atom stereocenters. The predicted molar refractivity (Wildman–Crippen MR) is 260 cm³/mol. The van der Waals surface area contributed by atoms with Crippen LogP contribution in [0.5, 0.6) is 0 Å². The normalized spacial score (nSPS) is 18.6. The highest BCUT2D eigenvalue weighted by Gasteiger charge is 2.30. The van der Waals surface area contributed by atoms with E-state index in [0.717, 1.165) is 79.9 Å². The number of unbranched alkanes of at least 4 members (excludes halogenated alkanes) is 1. The Hall–Kier alpha value is -3.46. The molecule has 1 aromatic rings. The number of nitrogens with one attached hydrogen (secondary N) is 3. The Bertz CT molecular complexity index is 1660. The quantitative estimate of drug-likeness (QED) is 0.0292. The minimum Gasteiger partial charge on any atom is -0.405 e. The molecule has 60 heavy (non-hydrogen) atoms. The van der Waals surface area contributed by atoms with Crippen LogP contribution in [0, 0.1) is 23.6 Å². The Morgan fingerprint density at radius 2 is 1.82 bits per heavy atom. The third-order valence-electron chi connectivity index (χ3n) is 11.1. The number of thioether (sulfide) groups is 1. The first-order valence-electron chi connectivity index (χ1n) is 22.7. The number of hydrogen-bond acceptors (Lipinski definition) is 8. The van der Waals surface area contributed by atoms with Gasteiger partial charge < -0.3 is 26.6 Å². The molecule has 1 aliphatic carbocycles. The molecular weight excluding hydrogens is 764 g/mol. The number of allylic oxidation sites excluding steroid dienone is 8. The molecule has 1 fully saturated rings. The topological polar surface area (TPSA) is 94.6 Å². The average molecular weight is 848 g/mol. The molecule has 0 bridgehead atoms. The number of rotatable bonds is 20. The van der Waals surface area contributed by atoms with Crippen molar-refractivity contribution < 1.29 is 8.87 Å². The average Bonchev–Trinajstić information content (AvgIpc) is 3.65. The molecule has 336 valence electrons. The highest BCUT2D eigenvalue weighted by molar-refractivity contribution is 8.03. The first-order valence-corrected chi connectivity index (χ1v) is 23.6. The third kappa shape index (κ3) is 19.9. The van der Waals surface area contributed by atoms with Crippen molar-refractivity contribution in [3.8, 4) is 11.8 Å². The first-order chi connectivity index (χ1) is 28.7. The van der Waals surface area contributed by atoms with E-state index in [4.69, 9.17) is 11.5 Å². The summed E-state index contributed by atoms with van der Waals surface area (Å²) in [4.78, 5) is 5.97. The van der Waals surface area contributed by atoms with E-state index in [1.54, 1.807) is 12.1 Å². The van der Waals surface area contributed by atoms with E-state index in [-0.39, 0.29) is 17.5 Å². The minimum atomic E-state index is -0.148. The van der Waals surface area contributed by atoms with Gasteiger partial charge in [-0.3, -0.25) is 15.1 Å². The largest absolute Gasteiger partial charge is 0.405 e. The van der Waals surface area contributed by atoms with Gasteiger partial charge in [0.05, 0.1) is 46.1 Å². The summed E-state index contributed by atoms with van der Waals surface area (Å²) in [5.41, 5.74) is 17.7. The summed E-state index contributed by atoms with van der Waals surface area (Å²) in [6.07, 6.45) is 21.8. The summed E-state index contributed by atoms with van der Waals surface area (Å²) in [5.74, 6) is 6.74. The van der Waals surface area contributed by atoms with Crippen molar-refractivity contribution in [3.63, 3.8) is 0 Å². The number of nitrogens with zero attached hydrogens (tertiary/aromatic N) is 3. The summed E-state index contributed by atoms with van der Waals surface area (Å²) < 4.78 is 16.2. The molecule has 1 aromatic carbocycles. The van der Waals surface area contributed by atoms with Crippen LogP contribution in [0.1, 0.15) is 124 Å². The van der Waals surface area contributed by atoms with E-state index >= 15 is 0 Å². The summed E-state index contributed by atoms with van der Waals surface area (Å²) in [6, 6.07) is 5.44. The van der Waals surface area contributed by atoms with Crippen molar-refractivity contribution >= 4 is 11.8 Å². The van der Waals surface area contributed by atoms with Crippen molar-refractivity contribution in [2.75, 3.05) is 60.5 Å². The zero-order valence-electron chi connectivity index (χ0n) is 39.4. The van der Waals surface area contributed by atoms with Crippen LogP contribution in [-0.2, 0) is 6.42 Å². The molecule has 10 heteroatoms. The summed E-state index contributed by atoms with van der Waals surface area (Å²) in [6.45, 7) is 25.7. The standard InChI is InChI=1S/C43H68FN6S.C5H10N2.C2H6/c1-33(2)42-41(23-13-11-21-38-25-24-37(30-39(38)44)20-17-26-48(6)7)51-43(47-42)49(32-45-36(5)46-40-22-12-10-19-35(40)4)27-16-18-34(3)31-50(8)28-14-9-15-29-50;1-5(4-7)2-3-6;1-2/h10,19,24-25,30,34,36,43,45-47H,1,9,11-16,18,21-23,26-29,31-32H2,2-8H3;2-4H,6-7H2,1H3;1-2H3/q+1;;/b;3-2-,5-4-;. The highest BCUT2D eigenvalue weighted by atomic mass is 32.2. The number of hydrogen-bond donors (Lipinski definition) is 5. The molecule has 4 rings (SSSR count). The Morgan fingerprint density at radius 1 is 1.10 bits per heavy atom. The van der Waals surface area contributed by atoms with Crippen LogP contribution in [-0.4, -0.2) is 86.5 Å². The molecule has 2 aliphatic heterocycles. The van der Waals surface area contributed by atoms with E-state index in [0.29, 0.717) is 6.54 Å². The van der Waals surface area contributed by atoms with E-state index in [1.165, 1.54) is 90.5 Å². The second-order valence-electron chi connectivity index (χ2n) is 17.2. The minimum absolute atomic E-state index is 0.148. The van der Waals surface area contributed by atoms with Gasteiger partial charge in [0.15, 0.2) is 0 Å². The second-order valence-corrected chi connectivity index (χ2v) is 18.4. The van der Waals surface area contributed by atoms with Crippen LogP contribution in [0.3, 0.4) is 0 Å². The van der Waals surface area contributed by atoms with Gasteiger partial charge >= 0.3 is 0 Å². The molecular formula is C50H84FN8S+. The number of aryl methyl sites for hydroxylation is 1. The number of benzene rings is 1. The van der Waals surface area contributed by atoms with Crippen molar-refractivity contribution in [2.45, 2.75) is 131 Å². The molecule has 0 saturated carbocycles. The van der Waals surface area contributed by atoms with E-state index in [1.807, 2.05) is 63.7 Å². The summed E-state index contributed by atoms with van der Waals surface area (Å²) in [5, 5.41) is 11.4. The van der Waals surface area contributed by atoms with E-state index in [2.05, 4.69) is 86.2 Å². The Morgan fingerprint density at radius 3 is 2.43 bits per heavy atom. The smallest absolute Gasteiger partial charge is 0.133 e. The van der Waals surface area contributed by atoms with Gasteiger partial charge in [0.1, 0.15) is 11.3 Å². The maximum atomic E-state index is 14.9. The van der Waals surface area contributed by atoms with Gasteiger partial charge in [0.2, 0.25) is 0 Å². The van der Waals surface area contributed by atoms with Gasteiger partial charge in [-0.05, 0) is 165 Å². The van der Waals surface area contributed by atoms with Crippen molar-refractivity contribution in [1.29, 1.82) is 0 Å². The van der Waals surface area contributed by atoms with Crippen molar-refractivity contribution in [3.05, 3.63) is 105 Å². The maximum Gasteiger partial charge on any atom is 0.133 e. The van der Waals surface area contributed by atoms with Crippen LogP contribution >= 0.6 is 11.8 Å². The fourth-order valence-electron chi connectivity index (χ4n) is 7.84. The van der Waals surface area contributed by atoms with Crippen LogP contribution in [0.4, 0.5) is 4.39 Å². The number of likely N-dealkylation sites (tertiary alicyclic amines) is 1. The SMILES string of the molecule is C=C(C)C1=C(CCCCc2ccc(C#CCN(C)C)cc2F)SC(N(CCCC(C)C[N+]2(C)CCCCC2)CNC(C)NC2=C(C)C=CCC2)N1.CC.CC(/C=C\N)=C/N. The fraction of sp³-hybridized carbons (Fsp3) is 0.600. The lowest BCUT2D eigenvalue weighted by atomic mass is 10.0. The van der Waals surface area contributed by atoms with Gasteiger partial charge in [-0.1, -0.05) is 69.2 Å². The maximum absolute atomic E-state index is 14.9. The predicted octanol–water partition coefficient (Wildman–Crippen LogP) is 9.66. The number of halogens is 1. The molecule has 3 aliphatic rings. The zero-order chi connectivity index (χ0) is 44.5. The molecule has 0 radical (unpaired) electrons.